The number of rotatable bonds is 3. The van der Waals surface area contributed by atoms with E-state index in [4.69, 9.17) is 5.73 Å². The smallest absolute Gasteiger partial charge is 0.225 e. The van der Waals surface area contributed by atoms with Crippen molar-refractivity contribution in [3.05, 3.63) is 0 Å². The van der Waals surface area contributed by atoms with Gasteiger partial charge in [0.1, 0.15) is 0 Å². The molecule has 1 unspecified atom stereocenters. The number of halogens is 1. The van der Waals surface area contributed by atoms with E-state index in [-0.39, 0.29) is 35.7 Å². The third kappa shape index (κ3) is 4.16. The Morgan fingerprint density at radius 3 is 2.53 bits per heavy atom. The highest BCUT2D eigenvalue weighted by Crippen LogP contribution is 2.25. The Balaban J connectivity index is 0.00000256. The van der Waals surface area contributed by atoms with Gasteiger partial charge in [0.25, 0.3) is 0 Å². The highest BCUT2D eigenvalue weighted by molar-refractivity contribution is 5.89. The molecule has 1 heterocycles. The van der Waals surface area contributed by atoms with E-state index in [0.717, 1.165) is 0 Å². The molecule has 100 valence electrons. The van der Waals surface area contributed by atoms with Crippen LogP contribution < -0.4 is 11.1 Å². The summed E-state index contributed by atoms with van der Waals surface area (Å²) in [5.41, 5.74) is 5.10. The van der Waals surface area contributed by atoms with E-state index in [0.29, 0.717) is 26.1 Å². The molecule has 2 amide bonds. The number of amides is 2. The first kappa shape index (κ1) is 16.2. The molecular weight excluding hydrogens is 242 g/mol. The minimum absolute atomic E-state index is 0. The van der Waals surface area contributed by atoms with Crippen LogP contribution in [0.3, 0.4) is 0 Å². The van der Waals surface area contributed by atoms with Gasteiger partial charge in [-0.3, -0.25) is 9.59 Å². The van der Waals surface area contributed by atoms with E-state index in [1.807, 2.05) is 20.8 Å². The zero-order valence-corrected chi connectivity index (χ0v) is 11.5. The summed E-state index contributed by atoms with van der Waals surface area (Å²) in [6, 6.07) is 0. The number of hydrogen-bond donors (Lipinski definition) is 2. The average Bonchev–Trinajstić information content (AvgIpc) is 2.56. The molecule has 0 spiro atoms. The van der Waals surface area contributed by atoms with Crippen molar-refractivity contribution in [1.29, 1.82) is 0 Å². The van der Waals surface area contributed by atoms with Crippen LogP contribution in [-0.4, -0.2) is 41.9 Å². The zero-order valence-electron chi connectivity index (χ0n) is 10.7. The molecular formula is C11H22ClN3O2. The molecule has 0 saturated carbocycles. The van der Waals surface area contributed by atoms with Gasteiger partial charge in [0, 0.05) is 31.6 Å². The van der Waals surface area contributed by atoms with E-state index < -0.39 is 0 Å². The van der Waals surface area contributed by atoms with Gasteiger partial charge in [0.05, 0.1) is 5.92 Å². The fourth-order valence-electron chi connectivity index (χ4n) is 1.87. The largest absolute Gasteiger partial charge is 0.355 e. The van der Waals surface area contributed by atoms with E-state index in [2.05, 4.69) is 5.32 Å². The molecule has 1 saturated heterocycles. The first-order chi connectivity index (χ1) is 7.36. The Hall–Kier alpha value is -0.810. The van der Waals surface area contributed by atoms with Crippen LogP contribution >= 0.6 is 12.4 Å². The topological polar surface area (TPSA) is 75.4 Å². The molecule has 6 heteroatoms. The standard InChI is InChI=1S/C11H21N3O2.ClH/c1-11(2,3)14-7-8(6-9(14)15)10(16)13-5-4-12;/h8H,4-7,12H2,1-3H3,(H,13,16);1H. The lowest BCUT2D eigenvalue weighted by molar-refractivity contribution is -0.132. The van der Waals surface area contributed by atoms with Gasteiger partial charge < -0.3 is 16.0 Å². The molecule has 0 radical (unpaired) electrons. The first-order valence-electron chi connectivity index (χ1n) is 5.64. The SMILES string of the molecule is CC(C)(C)N1CC(C(=O)NCCN)CC1=O.Cl. The molecule has 5 nitrogen and oxygen atoms in total. The van der Waals surface area contributed by atoms with Gasteiger partial charge >= 0.3 is 0 Å². The quantitative estimate of drug-likeness (QED) is 0.760. The van der Waals surface area contributed by atoms with Crippen LogP contribution in [0, 0.1) is 5.92 Å². The predicted molar refractivity (Wildman–Crippen MR) is 68.9 cm³/mol. The molecule has 1 atom stereocenters. The van der Waals surface area contributed by atoms with Crippen molar-refractivity contribution in [2.75, 3.05) is 19.6 Å². The van der Waals surface area contributed by atoms with Crippen LogP contribution in [0.2, 0.25) is 0 Å². The van der Waals surface area contributed by atoms with Gasteiger partial charge in [-0.25, -0.2) is 0 Å². The maximum absolute atomic E-state index is 11.7. The normalized spacial score (nSPS) is 20.1. The predicted octanol–water partition coefficient (Wildman–Crippen LogP) is 0.130. The lowest BCUT2D eigenvalue weighted by Crippen LogP contribution is -2.43. The second kappa shape index (κ2) is 6.21. The molecule has 1 aliphatic rings. The van der Waals surface area contributed by atoms with Crippen molar-refractivity contribution >= 4 is 24.2 Å². The van der Waals surface area contributed by atoms with Gasteiger partial charge in [0.15, 0.2) is 0 Å². The van der Waals surface area contributed by atoms with Crippen LogP contribution in [0.25, 0.3) is 0 Å². The van der Waals surface area contributed by atoms with Crippen LogP contribution in [0.15, 0.2) is 0 Å². The number of hydrogen-bond acceptors (Lipinski definition) is 3. The van der Waals surface area contributed by atoms with Crippen molar-refractivity contribution < 1.29 is 9.59 Å². The highest BCUT2D eigenvalue weighted by Gasteiger charge is 2.39. The third-order valence-electron chi connectivity index (χ3n) is 2.75. The lowest BCUT2D eigenvalue weighted by atomic mass is 10.1. The minimum Gasteiger partial charge on any atom is -0.355 e. The van der Waals surface area contributed by atoms with E-state index in [1.165, 1.54) is 0 Å². The van der Waals surface area contributed by atoms with Crippen LogP contribution in [0.4, 0.5) is 0 Å². The second-order valence-corrected chi connectivity index (χ2v) is 5.16. The van der Waals surface area contributed by atoms with E-state index >= 15 is 0 Å². The molecule has 1 rings (SSSR count). The molecule has 1 aliphatic heterocycles. The number of carbonyl (C=O) groups excluding carboxylic acids is 2. The lowest BCUT2D eigenvalue weighted by Gasteiger charge is -2.31. The van der Waals surface area contributed by atoms with Gasteiger partial charge in [-0.15, -0.1) is 12.4 Å². The highest BCUT2D eigenvalue weighted by atomic mass is 35.5. The number of nitrogens with one attached hydrogen (secondary N) is 1. The Kier molecular flexibility index (Phi) is 5.92. The molecule has 0 aromatic heterocycles. The second-order valence-electron chi connectivity index (χ2n) is 5.16. The maximum atomic E-state index is 11.7. The van der Waals surface area contributed by atoms with E-state index in [1.54, 1.807) is 4.90 Å². The number of nitrogens with two attached hydrogens (primary N) is 1. The average molecular weight is 264 g/mol. The zero-order chi connectivity index (χ0) is 12.3. The summed E-state index contributed by atoms with van der Waals surface area (Å²) in [7, 11) is 0. The maximum Gasteiger partial charge on any atom is 0.225 e. The molecule has 1 fully saturated rings. The van der Waals surface area contributed by atoms with Crippen molar-refractivity contribution in [1.82, 2.24) is 10.2 Å². The molecule has 3 N–H and O–H groups in total. The van der Waals surface area contributed by atoms with Crippen molar-refractivity contribution in [2.45, 2.75) is 32.7 Å². The number of carbonyl (C=O) groups is 2. The van der Waals surface area contributed by atoms with Crippen LogP contribution in [0.5, 0.6) is 0 Å². The van der Waals surface area contributed by atoms with Gasteiger partial charge in [-0.1, -0.05) is 0 Å². The fourth-order valence-corrected chi connectivity index (χ4v) is 1.87. The third-order valence-corrected chi connectivity index (χ3v) is 2.75. The van der Waals surface area contributed by atoms with Gasteiger partial charge in [-0.2, -0.15) is 0 Å². The van der Waals surface area contributed by atoms with E-state index in [9.17, 15) is 9.59 Å². The number of nitrogens with zero attached hydrogens (tertiary/aromatic N) is 1. The van der Waals surface area contributed by atoms with Crippen LogP contribution in [0.1, 0.15) is 27.2 Å². The summed E-state index contributed by atoms with van der Waals surface area (Å²) >= 11 is 0. The van der Waals surface area contributed by atoms with Crippen molar-refractivity contribution in [3.8, 4) is 0 Å². The Morgan fingerprint density at radius 1 is 1.53 bits per heavy atom. The minimum atomic E-state index is -0.224. The summed E-state index contributed by atoms with van der Waals surface area (Å²) in [6.07, 6.45) is 0.313. The monoisotopic (exact) mass is 263 g/mol. The summed E-state index contributed by atoms with van der Waals surface area (Å²) < 4.78 is 0. The van der Waals surface area contributed by atoms with Crippen LogP contribution in [-0.2, 0) is 9.59 Å². The molecule has 0 aromatic carbocycles. The summed E-state index contributed by atoms with van der Waals surface area (Å²) in [5.74, 6) is -0.232. The van der Waals surface area contributed by atoms with Gasteiger partial charge in [0.2, 0.25) is 11.8 Å². The fraction of sp³-hybridized carbons (Fsp3) is 0.818. The van der Waals surface area contributed by atoms with Crippen molar-refractivity contribution in [2.24, 2.45) is 11.7 Å². The molecule has 0 aromatic rings. The van der Waals surface area contributed by atoms with Gasteiger partial charge in [-0.05, 0) is 20.8 Å². The molecule has 0 bridgehead atoms. The summed E-state index contributed by atoms with van der Waals surface area (Å²) in [5, 5.41) is 2.72. The van der Waals surface area contributed by atoms with Crippen molar-refractivity contribution in [3.63, 3.8) is 0 Å². The Morgan fingerprint density at radius 2 is 2.12 bits per heavy atom. The Bertz CT molecular complexity index is 289. The summed E-state index contributed by atoms with van der Waals surface area (Å²) in [6.45, 7) is 7.34. The first-order valence-corrected chi connectivity index (χ1v) is 5.64. The molecule has 0 aliphatic carbocycles. The summed E-state index contributed by atoms with van der Waals surface area (Å²) in [4.78, 5) is 25.2. The number of likely N-dealkylation sites (tertiary alicyclic amines) is 1. The Labute approximate surface area is 109 Å². The molecule has 17 heavy (non-hydrogen) atoms.